The summed E-state index contributed by atoms with van der Waals surface area (Å²) >= 11 is 0. The van der Waals surface area contributed by atoms with Crippen molar-refractivity contribution in [3.8, 4) is 0 Å². The lowest BCUT2D eigenvalue weighted by Gasteiger charge is -1.93. The maximum Gasteiger partial charge on any atom is 0.0314 e. The molecule has 0 aromatic heterocycles. The zero-order chi connectivity index (χ0) is 14.7. The zero-order valence-electron chi connectivity index (χ0n) is 12.1. The van der Waals surface area contributed by atoms with Gasteiger partial charge in [-0.1, -0.05) is 48.5 Å². The van der Waals surface area contributed by atoms with Crippen molar-refractivity contribution in [2.45, 2.75) is 20.8 Å². The van der Waals surface area contributed by atoms with Crippen molar-refractivity contribution < 1.29 is 0 Å². The molecule has 0 fully saturated rings. The average molecular weight is 256 g/mol. The van der Waals surface area contributed by atoms with E-state index in [1.54, 1.807) is 0 Å². The Labute approximate surface area is 116 Å². The van der Waals surface area contributed by atoms with Gasteiger partial charge in [-0.15, -0.1) is 0 Å². The quantitative estimate of drug-likeness (QED) is 0.701. The monoisotopic (exact) mass is 256 g/mol. The summed E-state index contributed by atoms with van der Waals surface area (Å²) in [7, 11) is 0. The molecule has 0 atom stereocenters. The molecule has 2 aromatic rings. The van der Waals surface area contributed by atoms with Crippen LogP contribution in [0.15, 0.2) is 61.3 Å². The van der Waals surface area contributed by atoms with Crippen LogP contribution >= 0.6 is 0 Å². The van der Waals surface area contributed by atoms with Gasteiger partial charge in [0.15, 0.2) is 0 Å². The highest BCUT2D eigenvalue weighted by molar-refractivity contribution is 5.38. The van der Waals surface area contributed by atoms with Gasteiger partial charge in [-0.25, -0.2) is 0 Å². The van der Waals surface area contributed by atoms with Crippen molar-refractivity contribution >= 4 is 5.69 Å². The molecule has 2 rings (SSSR count). The van der Waals surface area contributed by atoms with Gasteiger partial charge in [0.2, 0.25) is 0 Å². The molecule has 0 radical (unpaired) electrons. The minimum absolute atomic E-state index is 0.829. The molecule has 0 aliphatic rings. The first-order chi connectivity index (χ1) is 9.01. The molecular weight excluding hydrogens is 232 g/mol. The molecule has 2 heteroatoms. The number of hydrogen-bond acceptors (Lipinski definition) is 2. The standard InChI is InChI=1S/C8H10.C7H9N.C2H5N/c1-7-5-3-4-6-8(7)2;1-6-2-4-7(8)5-3-6;1-2-3/h3-6H,1-2H3;2-5H,8H2,1H3;2H,1,3H2. The Morgan fingerprint density at radius 3 is 1.47 bits per heavy atom. The third-order valence-corrected chi connectivity index (χ3v) is 2.50. The summed E-state index contributed by atoms with van der Waals surface area (Å²) in [5.74, 6) is 0. The number of rotatable bonds is 0. The summed E-state index contributed by atoms with van der Waals surface area (Å²) in [6.45, 7) is 9.42. The van der Waals surface area contributed by atoms with Crippen molar-refractivity contribution in [2.24, 2.45) is 5.73 Å². The summed E-state index contributed by atoms with van der Waals surface area (Å²) < 4.78 is 0. The first kappa shape index (κ1) is 16.8. The maximum atomic E-state index is 5.43. The van der Waals surface area contributed by atoms with E-state index in [0.29, 0.717) is 0 Å². The summed E-state index contributed by atoms with van der Waals surface area (Å²) in [5, 5.41) is 0. The minimum atomic E-state index is 0.829. The van der Waals surface area contributed by atoms with Crippen LogP contribution in [0.5, 0.6) is 0 Å². The summed E-state index contributed by atoms with van der Waals surface area (Å²) in [4.78, 5) is 0. The Morgan fingerprint density at radius 1 is 0.842 bits per heavy atom. The predicted molar refractivity (Wildman–Crippen MR) is 85.9 cm³/mol. The van der Waals surface area contributed by atoms with E-state index in [4.69, 9.17) is 5.73 Å². The molecule has 4 N–H and O–H groups in total. The van der Waals surface area contributed by atoms with E-state index in [1.807, 2.05) is 31.2 Å². The predicted octanol–water partition coefficient (Wildman–Crippen LogP) is 3.97. The number of benzene rings is 2. The molecule has 0 bridgehead atoms. The van der Waals surface area contributed by atoms with Crippen molar-refractivity contribution in [1.29, 1.82) is 0 Å². The van der Waals surface area contributed by atoms with Gasteiger partial charge >= 0.3 is 0 Å². The molecule has 102 valence electrons. The fourth-order valence-corrected chi connectivity index (χ4v) is 1.23. The number of anilines is 1. The van der Waals surface area contributed by atoms with Gasteiger partial charge in [0.1, 0.15) is 0 Å². The Bertz CT molecular complexity index is 431. The SMILES string of the molecule is C=CN.Cc1ccc(N)cc1.Cc1ccccc1C. The normalized spacial score (nSPS) is 8.37. The summed E-state index contributed by atoms with van der Waals surface area (Å²) in [6.07, 6.45) is 1.25. The maximum absolute atomic E-state index is 5.43. The van der Waals surface area contributed by atoms with Crippen molar-refractivity contribution in [3.63, 3.8) is 0 Å². The molecule has 0 spiro atoms. The van der Waals surface area contributed by atoms with Crippen LogP contribution in [-0.4, -0.2) is 0 Å². The van der Waals surface area contributed by atoms with Gasteiger partial charge in [0.05, 0.1) is 0 Å². The molecule has 0 heterocycles. The first-order valence-electron chi connectivity index (χ1n) is 6.18. The van der Waals surface area contributed by atoms with Gasteiger partial charge in [0, 0.05) is 5.69 Å². The lowest BCUT2D eigenvalue weighted by atomic mass is 10.1. The molecule has 0 unspecified atom stereocenters. The van der Waals surface area contributed by atoms with E-state index in [1.165, 1.54) is 22.9 Å². The van der Waals surface area contributed by atoms with Gasteiger partial charge in [-0.05, 0) is 50.2 Å². The van der Waals surface area contributed by atoms with Crippen LogP contribution in [0.2, 0.25) is 0 Å². The Balaban J connectivity index is 0.000000284. The highest BCUT2D eigenvalue weighted by atomic mass is 14.5. The number of aryl methyl sites for hydroxylation is 3. The van der Waals surface area contributed by atoms with Crippen LogP contribution < -0.4 is 11.5 Å². The van der Waals surface area contributed by atoms with E-state index in [-0.39, 0.29) is 0 Å². The summed E-state index contributed by atoms with van der Waals surface area (Å²) in [6, 6.07) is 16.1. The van der Waals surface area contributed by atoms with Crippen LogP contribution in [0.4, 0.5) is 5.69 Å². The van der Waals surface area contributed by atoms with E-state index < -0.39 is 0 Å². The van der Waals surface area contributed by atoms with Crippen LogP contribution in [0.3, 0.4) is 0 Å². The third kappa shape index (κ3) is 8.50. The van der Waals surface area contributed by atoms with Gasteiger partial charge in [-0.3, -0.25) is 0 Å². The van der Waals surface area contributed by atoms with Crippen LogP contribution in [0.25, 0.3) is 0 Å². The minimum Gasteiger partial charge on any atom is -0.405 e. The van der Waals surface area contributed by atoms with E-state index >= 15 is 0 Å². The Kier molecular flexibility index (Phi) is 8.63. The van der Waals surface area contributed by atoms with Gasteiger partial charge in [-0.2, -0.15) is 0 Å². The summed E-state index contributed by atoms with van der Waals surface area (Å²) in [5.41, 5.74) is 14.9. The smallest absolute Gasteiger partial charge is 0.0314 e. The van der Waals surface area contributed by atoms with E-state index in [0.717, 1.165) is 5.69 Å². The molecule has 0 aliphatic carbocycles. The fraction of sp³-hybridized carbons (Fsp3) is 0.176. The molecule has 2 nitrogen and oxygen atoms in total. The van der Waals surface area contributed by atoms with Crippen molar-refractivity contribution in [1.82, 2.24) is 0 Å². The number of hydrogen-bond donors (Lipinski definition) is 2. The second-order valence-electron chi connectivity index (χ2n) is 4.23. The molecule has 2 aromatic carbocycles. The highest BCUT2D eigenvalue weighted by Crippen LogP contribution is 2.03. The second-order valence-corrected chi connectivity index (χ2v) is 4.23. The first-order valence-corrected chi connectivity index (χ1v) is 6.18. The van der Waals surface area contributed by atoms with Crippen LogP contribution in [0, 0.1) is 20.8 Å². The van der Waals surface area contributed by atoms with E-state index in [9.17, 15) is 0 Å². The number of nitrogens with two attached hydrogens (primary N) is 2. The fourth-order valence-electron chi connectivity index (χ4n) is 1.23. The average Bonchev–Trinajstić information content (AvgIpc) is 2.38. The lowest BCUT2D eigenvalue weighted by Crippen LogP contribution is -1.81. The molecule has 0 amide bonds. The molecule has 19 heavy (non-hydrogen) atoms. The van der Waals surface area contributed by atoms with Crippen molar-refractivity contribution in [2.75, 3.05) is 5.73 Å². The highest BCUT2D eigenvalue weighted by Gasteiger charge is 1.83. The van der Waals surface area contributed by atoms with Crippen LogP contribution in [-0.2, 0) is 0 Å². The van der Waals surface area contributed by atoms with Crippen LogP contribution in [0.1, 0.15) is 16.7 Å². The van der Waals surface area contributed by atoms with Crippen molar-refractivity contribution in [3.05, 3.63) is 78.0 Å². The molecule has 0 aliphatic heterocycles. The third-order valence-electron chi connectivity index (χ3n) is 2.50. The lowest BCUT2D eigenvalue weighted by molar-refractivity contribution is 1.34. The Morgan fingerprint density at radius 2 is 1.21 bits per heavy atom. The zero-order valence-corrected chi connectivity index (χ0v) is 12.1. The molecular formula is C17H24N2. The van der Waals surface area contributed by atoms with Gasteiger partial charge in [0.25, 0.3) is 0 Å². The topological polar surface area (TPSA) is 52.0 Å². The largest absolute Gasteiger partial charge is 0.405 e. The molecule has 0 saturated carbocycles. The number of nitrogen functional groups attached to an aromatic ring is 1. The Hall–Kier alpha value is -2.22. The van der Waals surface area contributed by atoms with Gasteiger partial charge < -0.3 is 11.5 Å². The molecule has 0 saturated heterocycles. The second kappa shape index (κ2) is 9.77. The van der Waals surface area contributed by atoms with E-state index in [2.05, 4.69) is 50.4 Å².